The van der Waals surface area contributed by atoms with Gasteiger partial charge in [0, 0.05) is 18.8 Å². The van der Waals surface area contributed by atoms with Gasteiger partial charge in [-0.1, -0.05) is 11.8 Å². The summed E-state index contributed by atoms with van der Waals surface area (Å²) in [5.41, 5.74) is -0.157. The molecular formula is C13H13N5OS2. The quantitative estimate of drug-likeness (QED) is 0.555. The lowest BCUT2D eigenvalue weighted by Crippen LogP contribution is -2.06. The van der Waals surface area contributed by atoms with E-state index in [1.54, 1.807) is 11.3 Å². The minimum atomic E-state index is -0.157. The number of fused-ring (bicyclic) bond motifs is 1. The molecule has 8 heteroatoms. The number of aromatic amines is 1. The molecule has 0 aliphatic carbocycles. The van der Waals surface area contributed by atoms with Crippen molar-refractivity contribution in [1.82, 2.24) is 19.9 Å². The van der Waals surface area contributed by atoms with Crippen LogP contribution in [0.15, 0.2) is 33.7 Å². The molecule has 3 aromatic rings. The van der Waals surface area contributed by atoms with Crippen LogP contribution in [0.2, 0.25) is 0 Å². The molecule has 0 aliphatic rings. The van der Waals surface area contributed by atoms with Gasteiger partial charge in [0.15, 0.2) is 5.16 Å². The Morgan fingerprint density at radius 2 is 2.29 bits per heavy atom. The fourth-order valence-corrected chi connectivity index (χ4v) is 3.31. The molecule has 0 aromatic carbocycles. The van der Waals surface area contributed by atoms with Gasteiger partial charge in [-0.25, -0.2) is 15.0 Å². The highest BCUT2D eigenvalue weighted by Crippen LogP contribution is 2.26. The molecule has 21 heavy (non-hydrogen) atoms. The third-order valence-electron chi connectivity index (χ3n) is 2.70. The van der Waals surface area contributed by atoms with Crippen LogP contribution in [0.4, 0.5) is 5.82 Å². The van der Waals surface area contributed by atoms with Crippen molar-refractivity contribution < 1.29 is 0 Å². The standard InChI is InChI=1S/C13H13N5OS2/c1-2-14-11-8-4-6-20-12(8)17-9(16-11)7-21-13-15-5-3-10(19)18-13/h3-6H,2,7H2,1H3,(H,14,16,17)(H,15,18,19). The van der Waals surface area contributed by atoms with Crippen molar-refractivity contribution >= 4 is 39.1 Å². The van der Waals surface area contributed by atoms with E-state index >= 15 is 0 Å². The summed E-state index contributed by atoms with van der Waals surface area (Å²) >= 11 is 3.00. The van der Waals surface area contributed by atoms with E-state index in [1.165, 1.54) is 24.0 Å². The fraction of sp³-hybridized carbons (Fsp3) is 0.231. The predicted molar refractivity (Wildman–Crippen MR) is 86.0 cm³/mol. The van der Waals surface area contributed by atoms with Crippen LogP contribution >= 0.6 is 23.1 Å². The Labute approximate surface area is 129 Å². The number of anilines is 1. The molecule has 0 radical (unpaired) electrons. The number of hydrogen-bond donors (Lipinski definition) is 2. The van der Waals surface area contributed by atoms with Crippen LogP contribution in [0, 0.1) is 0 Å². The summed E-state index contributed by atoms with van der Waals surface area (Å²) in [5, 5.41) is 6.88. The number of thiophene rings is 1. The molecular weight excluding hydrogens is 306 g/mol. The predicted octanol–water partition coefficient (Wildman–Crippen LogP) is 2.50. The summed E-state index contributed by atoms with van der Waals surface area (Å²) in [5.74, 6) is 2.13. The zero-order valence-electron chi connectivity index (χ0n) is 11.3. The summed E-state index contributed by atoms with van der Waals surface area (Å²) in [6.45, 7) is 2.84. The van der Waals surface area contributed by atoms with E-state index in [-0.39, 0.29) is 5.56 Å². The summed E-state index contributed by atoms with van der Waals surface area (Å²) in [6.07, 6.45) is 1.49. The van der Waals surface area contributed by atoms with Gasteiger partial charge in [-0.15, -0.1) is 11.3 Å². The molecule has 6 nitrogen and oxygen atoms in total. The topological polar surface area (TPSA) is 83.6 Å². The number of rotatable bonds is 5. The number of hydrogen-bond acceptors (Lipinski definition) is 7. The Kier molecular flexibility index (Phi) is 4.16. The van der Waals surface area contributed by atoms with Crippen molar-refractivity contribution in [2.24, 2.45) is 0 Å². The first-order valence-corrected chi connectivity index (χ1v) is 8.29. The lowest BCUT2D eigenvalue weighted by Gasteiger charge is -2.06. The van der Waals surface area contributed by atoms with Crippen molar-refractivity contribution in [1.29, 1.82) is 0 Å². The highest BCUT2D eigenvalue weighted by molar-refractivity contribution is 7.98. The molecule has 3 heterocycles. The smallest absolute Gasteiger partial charge is 0.251 e. The Balaban J connectivity index is 1.85. The maximum Gasteiger partial charge on any atom is 0.251 e. The molecule has 0 aliphatic heterocycles. The van der Waals surface area contributed by atoms with Gasteiger partial charge in [0.25, 0.3) is 5.56 Å². The van der Waals surface area contributed by atoms with Gasteiger partial charge >= 0.3 is 0 Å². The van der Waals surface area contributed by atoms with Crippen LogP contribution < -0.4 is 10.9 Å². The second-order valence-electron chi connectivity index (χ2n) is 4.19. The van der Waals surface area contributed by atoms with Crippen LogP contribution in [-0.2, 0) is 5.75 Å². The number of nitrogens with one attached hydrogen (secondary N) is 2. The molecule has 0 bridgehead atoms. The largest absolute Gasteiger partial charge is 0.370 e. The number of aromatic nitrogens is 4. The van der Waals surface area contributed by atoms with Crippen molar-refractivity contribution in [3.05, 3.63) is 39.9 Å². The first-order chi connectivity index (χ1) is 10.3. The van der Waals surface area contributed by atoms with Gasteiger partial charge in [-0.05, 0) is 18.4 Å². The van der Waals surface area contributed by atoms with Gasteiger partial charge < -0.3 is 10.3 Å². The van der Waals surface area contributed by atoms with Crippen molar-refractivity contribution in [3.8, 4) is 0 Å². The summed E-state index contributed by atoms with van der Waals surface area (Å²) in [4.78, 5) is 28.1. The van der Waals surface area contributed by atoms with Crippen LogP contribution in [-0.4, -0.2) is 26.5 Å². The Morgan fingerprint density at radius 3 is 3.10 bits per heavy atom. The van der Waals surface area contributed by atoms with E-state index in [0.717, 1.165) is 28.4 Å². The highest BCUT2D eigenvalue weighted by atomic mass is 32.2. The molecule has 108 valence electrons. The molecule has 0 spiro atoms. The van der Waals surface area contributed by atoms with E-state index in [2.05, 4.69) is 25.3 Å². The average Bonchev–Trinajstić information content (AvgIpc) is 2.94. The maximum atomic E-state index is 11.2. The molecule has 0 fully saturated rings. The van der Waals surface area contributed by atoms with Gasteiger partial charge in [0.1, 0.15) is 16.5 Å². The minimum Gasteiger partial charge on any atom is -0.370 e. The third-order valence-corrected chi connectivity index (χ3v) is 4.39. The monoisotopic (exact) mass is 319 g/mol. The van der Waals surface area contributed by atoms with E-state index in [4.69, 9.17) is 0 Å². The normalized spacial score (nSPS) is 10.9. The minimum absolute atomic E-state index is 0.157. The molecule has 0 saturated carbocycles. The van der Waals surface area contributed by atoms with E-state index < -0.39 is 0 Å². The van der Waals surface area contributed by atoms with Crippen LogP contribution in [0.5, 0.6) is 0 Å². The van der Waals surface area contributed by atoms with Crippen LogP contribution in [0.1, 0.15) is 12.7 Å². The summed E-state index contributed by atoms with van der Waals surface area (Å²) in [6, 6.07) is 3.41. The molecule has 3 rings (SSSR count). The fourth-order valence-electron chi connectivity index (χ4n) is 1.82. The third kappa shape index (κ3) is 3.22. The lowest BCUT2D eigenvalue weighted by molar-refractivity contribution is 0.932. The summed E-state index contributed by atoms with van der Waals surface area (Å²) < 4.78 is 0. The zero-order chi connectivity index (χ0) is 14.7. The lowest BCUT2D eigenvalue weighted by atomic mass is 10.3. The molecule has 3 aromatic heterocycles. The van der Waals surface area contributed by atoms with Crippen LogP contribution in [0.3, 0.4) is 0 Å². The van der Waals surface area contributed by atoms with E-state index in [1.807, 2.05) is 18.4 Å². The van der Waals surface area contributed by atoms with Crippen LogP contribution in [0.25, 0.3) is 10.2 Å². The Hall–Kier alpha value is -1.93. The zero-order valence-corrected chi connectivity index (χ0v) is 12.9. The number of thioether (sulfide) groups is 1. The van der Waals surface area contributed by atoms with Crippen molar-refractivity contribution in [2.45, 2.75) is 17.8 Å². The van der Waals surface area contributed by atoms with E-state index in [9.17, 15) is 4.79 Å². The van der Waals surface area contributed by atoms with Gasteiger partial charge in [0.05, 0.1) is 11.1 Å². The van der Waals surface area contributed by atoms with Gasteiger partial charge in [-0.3, -0.25) is 4.79 Å². The summed E-state index contributed by atoms with van der Waals surface area (Å²) in [7, 11) is 0. The molecule has 0 saturated heterocycles. The molecule has 0 amide bonds. The molecule has 0 unspecified atom stereocenters. The highest BCUT2D eigenvalue weighted by Gasteiger charge is 2.09. The number of nitrogens with zero attached hydrogens (tertiary/aromatic N) is 3. The Bertz CT molecular complexity index is 813. The molecule has 0 atom stereocenters. The van der Waals surface area contributed by atoms with E-state index in [0.29, 0.717) is 10.9 Å². The maximum absolute atomic E-state index is 11.2. The Morgan fingerprint density at radius 1 is 1.38 bits per heavy atom. The first kappa shape index (κ1) is 14.0. The number of H-pyrrole nitrogens is 1. The second kappa shape index (κ2) is 6.23. The van der Waals surface area contributed by atoms with Gasteiger partial charge in [-0.2, -0.15) is 0 Å². The van der Waals surface area contributed by atoms with Gasteiger partial charge in [0.2, 0.25) is 0 Å². The second-order valence-corrected chi connectivity index (χ2v) is 6.04. The van der Waals surface area contributed by atoms with Crippen molar-refractivity contribution in [3.63, 3.8) is 0 Å². The SMILES string of the molecule is CCNc1nc(CSc2nccc(=O)[nH]2)nc2sccc12. The average molecular weight is 319 g/mol. The van der Waals surface area contributed by atoms with Crippen molar-refractivity contribution in [2.75, 3.05) is 11.9 Å². The molecule has 2 N–H and O–H groups in total. The first-order valence-electron chi connectivity index (χ1n) is 6.42.